The first-order chi connectivity index (χ1) is 13.9. The molecule has 30 heavy (non-hydrogen) atoms. The molecule has 0 radical (unpaired) electrons. The van der Waals surface area contributed by atoms with Gasteiger partial charge in [-0.25, -0.2) is 13.1 Å². The Labute approximate surface area is 177 Å². The number of hydrogen-bond donors (Lipinski definition) is 1. The first kappa shape index (κ1) is 22.5. The highest BCUT2D eigenvalue weighted by Gasteiger charge is 2.32. The van der Waals surface area contributed by atoms with Crippen molar-refractivity contribution < 1.29 is 17.7 Å². The van der Waals surface area contributed by atoms with Crippen LogP contribution in [0.25, 0.3) is 0 Å². The largest absolute Gasteiger partial charge is 0.339 e. The predicted molar refractivity (Wildman–Crippen MR) is 113 cm³/mol. The van der Waals surface area contributed by atoms with Crippen molar-refractivity contribution in [1.82, 2.24) is 19.9 Å². The fourth-order valence-electron chi connectivity index (χ4n) is 3.31. The second kappa shape index (κ2) is 8.49. The summed E-state index contributed by atoms with van der Waals surface area (Å²) >= 11 is 0. The van der Waals surface area contributed by atoms with Gasteiger partial charge in [0.25, 0.3) is 0 Å². The Bertz CT molecular complexity index is 1000. The standard InChI is InChI=1S/C20H31N5O4S/c1-13(2)19-22-18(29-24-19)8-6-7-17(26)21-16-11-15(20(3,4)5)23-25(16)14-9-10-30(27,28)12-14/h11,13-14H,6-10,12H2,1-5H3,(H,21,26). The second-order valence-corrected chi connectivity index (χ2v) is 11.5. The van der Waals surface area contributed by atoms with E-state index in [0.717, 1.165) is 5.69 Å². The molecule has 0 spiro atoms. The van der Waals surface area contributed by atoms with Gasteiger partial charge >= 0.3 is 0 Å². The molecule has 2 aromatic rings. The van der Waals surface area contributed by atoms with Crippen LogP contribution < -0.4 is 5.32 Å². The molecule has 1 atom stereocenters. The lowest BCUT2D eigenvalue weighted by atomic mass is 9.92. The third-order valence-electron chi connectivity index (χ3n) is 5.12. The van der Waals surface area contributed by atoms with E-state index < -0.39 is 9.84 Å². The molecule has 2 aromatic heterocycles. The fraction of sp³-hybridized carbons (Fsp3) is 0.700. The van der Waals surface area contributed by atoms with Crippen molar-refractivity contribution in [3.63, 3.8) is 0 Å². The summed E-state index contributed by atoms with van der Waals surface area (Å²) in [6, 6.07) is 1.59. The number of anilines is 1. The van der Waals surface area contributed by atoms with Crippen LogP contribution in [0.4, 0.5) is 5.82 Å². The molecule has 10 heteroatoms. The molecule has 166 valence electrons. The van der Waals surface area contributed by atoms with Gasteiger partial charge in [0.1, 0.15) is 5.82 Å². The molecule has 1 N–H and O–H groups in total. The highest BCUT2D eigenvalue weighted by Crippen LogP contribution is 2.31. The minimum absolute atomic E-state index is 0.0521. The van der Waals surface area contributed by atoms with Crippen LogP contribution in [0.3, 0.4) is 0 Å². The lowest BCUT2D eigenvalue weighted by Gasteiger charge is -2.15. The number of carbonyl (C=O) groups excluding carboxylic acids is 1. The average molecular weight is 438 g/mol. The molecule has 0 aliphatic carbocycles. The molecule has 1 aliphatic heterocycles. The number of nitrogens with one attached hydrogen (secondary N) is 1. The van der Waals surface area contributed by atoms with Crippen molar-refractivity contribution in [3.05, 3.63) is 23.5 Å². The van der Waals surface area contributed by atoms with Gasteiger partial charge in [-0.05, 0) is 12.8 Å². The van der Waals surface area contributed by atoms with Gasteiger partial charge in [-0.2, -0.15) is 10.1 Å². The first-order valence-corrected chi connectivity index (χ1v) is 12.2. The Balaban J connectivity index is 1.65. The molecule has 9 nitrogen and oxygen atoms in total. The number of sulfone groups is 1. The lowest BCUT2D eigenvalue weighted by molar-refractivity contribution is -0.116. The SMILES string of the molecule is CC(C)c1noc(CCCC(=O)Nc2cc(C(C)(C)C)nn2C2CCS(=O)(=O)C2)n1. The maximum absolute atomic E-state index is 12.5. The number of amides is 1. The van der Waals surface area contributed by atoms with Gasteiger partial charge in [0.15, 0.2) is 15.7 Å². The third-order valence-corrected chi connectivity index (χ3v) is 6.87. The number of aromatic nitrogens is 4. The summed E-state index contributed by atoms with van der Waals surface area (Å²) in [4.78, 5) is 16.9. The van der Waals surface area contributed by atoms with Gasteiger partial charge in [0.05, 0.1) is 23.2 Å². The summed E-state index contributed by atoms with van der Waals surface area (Å²) < 4.78 is 30.7. The smallest absolute Gasteiger partial charge is 0.226 e. The van der Waals surface area contributed by atoms with Crippen LogP contribution in [-0.2, 0) is 26.5 Å². The minimum Gasteiger partial charge on any atom is -0.339 e. The molecule has 1 amide bonds. The van der Waals surface area contributed by atoms with Crippen LogP contribution >= 0.6 is 0 Å². The fourth-order valence-corrected chi connectivity index (χ4v) is 5.00. The van der Waals surface area contributed by atoms with Crippen LogP contribution in [-0.4, -0.2) is 45.8 Å². The normalized spacial score (nSPS) is 18.8. The van der Waals surface area contributed by atoms with Gasteiger partial charge in [-0.15, -0.1) is 0 Å². The Morgan fingerprint density at radius 1 is 1.37 bits per heavy atom. The number of rotatable bonds is 7. The topological polar surface area (TPSA) is 120 Å². The molecule has 1 saturated heterocycles. The van der Waals surface area contributed by atoms with E-state index in [1.807, 2.05) is 40.7 Å². The Morgan fingerprint density at radius 3 is 2.67 bits per heavy atom. The van der Waals surface area contributed by atoms with Gasteiger partial charge in [0, 0.05) is 30.2 Å². The van der Waals surface area contributed by atoms with Gasteiger partial charge in [-0.1, -0.05) is 39.8 Å². The monoisotopic (exact) mass is 437 g/mol. The number of hydrogen-bond acceptors (Lipinski definition) is 7. The van der Waals surface area contributed by atoms with Gasteiger partial charge in [-0.3, -0.25) is 4.79 Å². The van der Waals surface area contributed by atoms with Gasteiger partial charge < -0.3 is 9.84 Å². The van der Waals surface area contributed by atoms with Gasteiger partial charge in [0.2, 0.25) is 11.8 Å². The average Bonchev–Trinajstić information content (AvgIpc) is 3.32. The number of aryl methyl sites for hydroxylation is 1. The summed E-state index contributed by atoms with van der Waals surface area (Å²) in [5.41, 5.74) is 0.600. The second-order valence-electron chi connectivity index (χ2n) is 9.27. The van der Waals surface area contributed by atoms with Crippen LogP contribution in [0.15, 0.2) is 10.6 Å². The maximum atomic E-state index is 12.5. The van der Waals surface area contributed by atoms with E-state index in [4.69, 9.17) is 4.52 Å². The molecule has 1 aliphatic rings. The Hall–Kier alpha value is -2.23. The summed E-state index contributed by atoms with van der Waals surface area (Å²) in [6.45, 7) is 10.1. The highest BCUT2D eigenvalue weighted by atomic mass is 32.2. The first-order valence-electron chi connectivity index (χ1n) is 10.4. The molecule has 0 saturated carbocycles. The number of carbonyl (C=O) groups is 1. The van der Waals surface area contributed by atoms with E-state index in [-0.39, 0.29) is 34.8 Å². The third kappa shape index (κ3) is 5.47. The molecule has 3 rings (SSSR count). The van der Waals surface area contributed by atoms with Crippen LogP contribution in [0.1, 0.15) is 83.2 Å². The van der Waals surface area contributed by atoms with E-state index in [1.54, 1.807) is 4.68 Å². The Kier molecular flexibility index (Phi) is 6.35. The lowest BCUT2D eigenvalue weighted by Crippen LogP contribution is -2.20. The molecular weight excluding hydrogens is 406 g/mol. The van der Waals surface area contributed by atoms with Crippen molar-refractivity contribution in [2.45, 2.75) is 77.7 Å². The summed E-state index contributed by atoms with van der Waals surface area (Å²) in [7, 11) is -3.06. The zero-order valence-corrected chi connectivity index (χ0v) is 19.1. The summed E-state index contributed by atoms with van der Waals surface area (Å²) in [6.07, 6.45) is 1.90. The van der Waals surface area contributed by atoms with Crippen LogP contribution in [0, 0.1) is 0 Å². The summed E-state index contributed by atoms with van der Waals surface area (Å²) in [5.74, 6) is 1.99. The molecule has 0 bridgehead atoms. The van der Waals surface area contributed by atoms with E-state index in [9.17, 15) is 13.2 Å². The van der Waals surface area contributed by atoms with Crippen LogP contribution in [0.5, 0.6) is 0 Å². The maximum Gasteiger partial charge on any atom is 0.226 e. The number of nitrogens with zero attached hydrogens (tertiary/aromatic N) is 4. The molecule has 3 heterocycles. The van der Waals surface area contributed by atoms with Crippen molar-refractivity contribution in [2.75, 3.05) is 16.8 Å². The van der Waals surface area contributed by atoms with E-state index >= 15 is 0 Å². The van der Waals surface area contributed by atoms with Crippen molar-refractivity contribution >= 4 is 21.6 Å². The molecule has 0 aromatic carbocycles. The Morgan fingerprint density at radius 2 is 2.10 bits per heavy atom. The van der Waals surface area contributed by atoms with Crippen molar-refractivity contribution in [3.8, 4) is 0 Å². The van der Waals surface area contributed by atoms with E-state index in [2.05, 4.69) is 20.6 Å². The molecular formula is C20H31N5O4S. The zero-order valence-electron chi connectivity index (χ0n) is 18.3. The minimum atomic E-state index is -3.06. The van der Waals surface area contributed by atoms with Crippen LogP contribution in [0.2, 0.25) is 0 Å². The molecule has 1 unspecified atom stereocenters. The summed E-state index contributed by atoms with van der Waals surface area (Å²) in [5, 5.41) is 11.5. The quantitative estimate of drug-likeness (QED) is 0.707. The van der Waals surface area contributed by atoms with Crippen molar-refractivity contribution in [2.24, 2.45) is 0 Å². The van der Waals surface area contributed by atoms with Crippen molar-refractivity contribution in [1.29, 1.82) is 0 Å². The molecule has 1 fully saturated rings. The highest BCUT2D eigenvalue weighted by molar-refractivity contribution is 7.91. The van der Waals surface area contributed by atoms with E-state index in [1.165, 1.54) is 0 Å². The van der Waals surface area contributed by atoms with E-state index in [0.29, 0.717) is 43.2 Å². The predicted octanol–water partition coefficient (Wildman–Crippen LogP) is 3.01. The zero-order chi connectivity index (χ0) is 22.1.